The Morgan fingerprint density at radius 1 is 1.31 bits per heavy atom. The Bertz CT molecular complexity index is 1120. The molecule has 0 unspecified atom stereocenters. The number of fused-ring (bicyclic) bond motifs is 2. The third-order valence-electron chi connectivity index (χ3n) is 4.96. The molecular weight excluding hydrogens is 332 g/mol. The molecule has 3 aromatic rings. The number of allylic oxidation sites excluding steroid dienone is 1. The van der Waals surface area contributed by atoms with E-state index >= 15 is 0 Å². The molecule has 0 atom stereocenters. The molecule has 0 amide bonds. The number of nitrogens with zero attached hydrogens (tertiary/aromatic N) is 2. The van der Waals surface area contributed by atoms with Crippen LogP contribution in [-0.2, 0) is 7.05 Å². The molecule has 1 aliphatic carbocycles. The largest absolute Gasteiger partial charge is 0.508 e. The van der Waals surface area contributed by atoms with Crippen molar-refractivity contribution in [2.75, 3.05) is 0 Å². The van der Waals surface area contributed by atoms with Crippen molar-refractivity contribution in [2.45, 2.75) is 18.8 Å². The van der Waals surface area contributed by atoms with Crippen LogP contribution in [0.15, 0.2) is 36.4 Å². The lowest BCUT2D eigenvalue weighted by Crippen LogP contribution is -1.98. The van der Waals surface area contributed by atoms with Crippen molar-refractivity contribution in [3.05, 3.63) is 53.0 Å². The highest BCUT2D eigenvalue weighted by Gasteiger charge is 2.32. The van der Waals surface area contributed by atoms with Crippen molar-refractivity contribution in [1.29, 1.82) is 0 Å². The van der Waals surface area contributed by atoms with Crippen molar-refractivity contribution in [3.63, 3.8) is 0 Å². The van der Waals surface area contributed by atoms with E-state index in [9.17, 15) is 15.0 Å². The maximum absolute atomic E-state index is 12.6. The minimum atomic E-state index is -0.397. The number of phenols is 2. The second kappa shape index (κ2) is 5.11. The Hall–Kier alpha value is -3.28. The van der Waals surface area contributed by atoms with E-state index in [0.717, 1.165) is 35.5 Å². The van der Waals surface area contributed by atoms with Crippen LogP contribution < -0.4 is 4.74 Å². The van der Waals surface area contributed by atoms with Crippen molar-refractivity contribution in [3.8, 4) is 17.2 Å². The Balaban J connectivity index is 1.66. The van der Waals surface area contributed by atoms with Gasteiger partial charge in [-0.2, -0.15) is 0 Å². The van der Waals surface area contributed by atoms with Gasteiger partial charge in [-0.25, -0.2) is 4.98 Å². The molecule has 3 heterocycles. The molecule has 1 fully saturated rings. The van der Waals surface area contributed by atoms with Gasteiger partial charge >= 0.3 is 0 Å². The van der Waals surface area contributed by atoms with E-state index in [1.165, 1.54) is 11.6 Å². The van der Waals surface area contributed by atoms with E-state index in [0.29, 0.717) is 5.92 Å². The van der Waals surface area contributed by atoms with E-state index in [1.807, 2.05) is 30.1 Å². The molecular formula is C20H16N2O4. The number of carbonyl (C=O) groups excluding carboxylic acids is 1. The van der Waals surface area contributed by atoms with Crippen LogP contribution in [0.25, 0.3) is 17.1 Å². The standard InChI is InChI=1S/C20H16N2O4/c1-22-9-11(17-13(10-2-3-10)4-5-21-20(17)22)6-16-19(25)18-14(24)7-12(23)8-15(18)26-16/h4-10,23-24H,2-3H2,1H3. The highest BCUT2D eigenvalue weighted by atomic mass is 16.5. The lowest BCUT2D eigenvalue weighted by atomic mass is 10.0. The quantitative estimate of drug-likeness (QED) is 0.693. The molecule has 0 radical (unpaired) electrons. The van der Waals surface area contributed by atoms with Crippen molar-refractivity contribution < 1.29 is 19.7 Å². The molecule has 1 aliphatic heterocycles. The number of benzene rings is 1. The number of ether oxygens (including phenoxy) is 1. The van der Waals surface area contributed by atoms with E-state index < -0.39 is 5.78 Å². The number of rotatable bonds is 2. The zero-order valence-electron chi connectivity index (χ0n) is 14.1. The highest BCUT2D eigenvalue weighted by Crippen LogP contribution is 2.45. The van der Waals surface area contributed by atoms with Crippen LogP contribution >= 0.6 is 0 Å². The number of phenolic OH excluding ortho intramolecular Hbond substituents is 2. The Morgan fingerprint density at radius 3 is 2.88 bits per heavy atom. The number of aromatic hydroxyl groups is 2. The third-order valence-corrected chi connectivity index (χ3v) is 4.96. The van der Waals surface area contributed by atoms with Crippen LogP contribution in [0.3, 0.4) is 0 Å². The van der Waals surface area contributed by atoms with Gasteiger partial charge in [0.15, 0.2) is 5.76 Å². The van der Waals surface area contributed by atoms with Gasteiger partial charge in [-0.05, 0) is 36.5 Å². The first-order valence-corrected chi connectivity index (χ1v) is 8.47. The van der Waals surface area contributed by atoms with Crippen LogP contribution in [0.4, 0.5) is 0 Å². The fourth-order valence-electron chi connectivity index (χ4n) is 3.63. The number of pyridine rings is 1. The van der Waals surface area contributed by atoms with Crippen LogP contribution in [0.5, 0.6) is 17.2 Å². The van der Waals surface area contributed by atoms with E-state index in [-0.39, 0.29) is 28.6 Å². The highest BCUT2D eigenvalue weighted by molar-refractivity contribution is 6.16. The first-order chi connectivity index (χ1) is 12.5. The number of hydrogen-bond donors (Lipinski definition) is 2. The first-order valence-electron chi connectivity index (χ1n) is 8.47. The molecule has 6 nitrogen and oxygen atoms in total. The number of hydrogen-bond acceptors (Lipinski definition) is 5. The summed E-state index contributed by atoms with van der Waals surface area (Å²) in [5, 5.41) is 20.6. The summed E-state index contributed by atoms with van der Waals surface area (Å²) < 4.78 is 7.55. The summed E-state index contributed by atoms with van der Waals surface area (Å²) in [4.78, 5) is 17.1. The molecule has 1 aromatic carbocycles. The molecule has 2 N–H and O–H groups in total. The topological polar surface area (TPSA) is 84.6 Å². The molecule has 130 valence electrons. The zero-order valence-corrected chi connectivity index (χ0v) is 14.1. The lowest BCUT2D eigenvalue weighted by Gasteiger charge is -2.03. The van der Waals surface area contributed by atoms with Crippen LogP contribution in [0, 0.1) is 0 Å². The average molecular weight is 348 g/mol. The summed E-state index contributed by atoms with van der Waals surface area (Å²) in [6.07, 6.45) is 7.76. The summed E-state index contributed by atoms with van der Waals surface area (Å²) in [5.74, 6) is -0.00401. The maximum Gasteiger partial charge on any atom is 0.235 e. The fraction of sp³-hybridized carbons (Fsp3) is 0.200. The molecule has 1 saturated carbocycles. The molecule has 26 heavy (non-hydrogen) atoms. The summed E-state index contributed by atoms with van der Waals surface area (Å²) >= 11 is 0. The molecule has 2 aliphatic rings. The minimum absolute atomic E-state index is 0.0785. The normalized spacial score (nSPS) is 17.7. The van der Waals surface area contributed by atoms with Gasteiger partial charge in [-0.15, -0.1) is 0 Å². The third kappa shape index (κ3) is 2.12. The number of ketones is 1. The van der Waals surface area contributed by atoms with Gasteiger partial charge in [0.1, 0.15) is 28.5 Å². The van der Waals surface area contributed by atoms with Gasteiger partial charge in [-0.3, -0.25) is 4.79 Å². The summed E-state index contributed by atoms with van der Waals surface area (Å²) in [7, 11) is 1.92. The van der Waals surface area contributed by atoms with Gasteiger partial charge in [0.05, 0.1) is 0 Å². The van der Waals surface area contributed by atoms with Gasteiger partial charge in [0, 0.05) is 42.5 Å². The first kappa shape index (κ1) is 15.0. The van der Waals surface area contributed by atoms with Gasteiger partial charge < -0.3 is 19.5 Å². The number of carbonyl (C=O) groups is 1. The SMILES string of the molecule is Cn1cc(C=C2Oc3cc(O)cc(O)c3C2=O)c2c(C3CC3)ccnc21. The smallest absolute Gasteiger partial charge is 0.235 e. The number of aromatic nitrogens is 2. The Labute approximate surface area is 149 Å². The molecule has 0 saturated heterocycles. The minimum Gasteiger partial charge on any atom is -0.508 e. The zero-order chi connectivity index (χ0) is 18.0. The maximum atomic E-state index is 12.6. The molecule has 2 aromatic heterocycles. The van der Waals surface area contributed by atoms with Crippen molar-refractivity contribution in [1.82, 2.24) is 9.55 Å². The molecule has 0 spiro atoms. The van der Waals surface area contributed by atoms with Gasteiger partial charge in [0.2, 0.25) is 5.78 Å². The lowest BCUT2D eigenvalue weighted by molar-refractivity contribution is 0.101. The van der Waals surface area contributed by atoms with Crippen LogP contribution in [0.1, 0.15) is 40.2 Å². The van der Waals surface area contributed by atoms with E-state index in [4.69, 9.17) is 4.74 Å². The average Bonchev–Trinajstić information content (AvgIpc) is 3.33. The fourth-order valence-corrected chi connectivity index (χ4v) is 3.63. The van der Waals surface area contributed by atoms with Crippen LogP contribution in [-0.4, -0.2) is 25.5 Å². The van der Waals surface area contributed by atoms with Gasteiger partial charge in [0.25, 0.3) is 0 Å². The number of Topliss-reactive ketones (excluding diaryl/α,β-unsaturated/α-hetero) is 1. The summed E-state index contributed by atoms with van der Waals surface area (Å²) in [5.41, 5.74) is 3.04. The Kier molecular flexibility index (Phi) is 2.95. The summed E-state index contributed by atoms with van der Waals surface area (Å²) in [6, 6.07) is 4.50. The van der Waals surface area contributed by atoms with E-state index in [1.54, 1.807) is 6.08 Å². The van der Waals surface area contributed by atoms with Gasteiger partial charge in [-0.1, -0.05) is 0 Å². The number of aryl methyl sites for hydroxylation is 1. The molecule has 0 bridgehead atoms. The second-order valence-corrected chi connectivity index (χ2v) is 6.85. The van der Waals surface area contributed by atoms with E-state index in [2.05, 4.69) is 4.98 Å². The predicted octanol–water partition coefficient (Wildman–Crippen LogP) is 3.48. The molecule has 5 rings (SSSR count). The second-order valence-electron chi connectivity index (χ2n) is 6.85. The Morgan fingerprint density at radius 2 is 2.12 bits per heavy atom. The summed E-state index contributed by atoms with van der Waals surface area (Å²) in [6.45, 7) is 0. The molecule has 6 heteroatoms. The van der Waals surface area contributed by atoms with Crippen LogP contribution in [0.2, 0.25) is 0 Å². The van der Waals surface area contributed by atoms with Crippen molar-refractivity contribution in [2.24, 2.45) is 7.05 Å². The predicted molar refractivity (Wildman–Crippen MR) is 95.4 cm³/mol. The monoisotopic (exact) mass is 348 g/mol. The van der Waals surface area contributed by atoms with Crippen molar-refractivity contribution >= 4 is 22.9 Å².